The molecule has 0 spiro atoms. The van der Waals surface area contributed by atoms with Crippen LogP contribution in [0.5, 0.6) is 0 Å². The van der Waals surface area contributed by atoms with Crippen LogP contribution in [0.2, 0.25) is 0 Å². The van der Waals surface area contributed by atoms with Crippen molar-refractivity contribution in [2.24, 2.45) is 0 Å². The van der Waals surface area contributed by atoms with E-state index in [4.69, 9.17) is 0 Å². The SMILES string of the molecule is CCC1CCCN1CC(=O)c1cc(C)n(CC)c1C. The third-order valence-corrected chi connectivity index (χ3v) is 4.51. The number of rotatable bonds is 5. The van der Waals surface area contributed by atoms with Gasteiger partial charge in [-0.2, -0.15) is 0 Å². The van der Waals surface area contributed by atoms with Crippen LogP contribution in [-0.2, 0) is 6.54 Å². The third kappa shape index (κ3) is 2.76. The molecule has 0 saturated carbocycles. The molecule has 0 radical (unpaired) electrons. The summed E-state index contributed by atoms with van der Waals surface area (Å²) < 4.78 is 2.22. The zero-order valence-corrected chi connectivity index (χ0v) is 12.7. The standard InChI is InChI=1S/C16H26N2O/c1-5-14-8-7-9-17(14)11-16(19)15-10-12(3)18(6-2)13(15)4/h10,14H,5-9,11H2,1-4H3. The lowest BCUT2D eigenvalue weighted by molar-refractivity contribution is 0.0919. The molecule has 0 bridgehead atoms. The molecule has 2 heterocycles. The lowest BCUT2D eigenvalue weighted by Crippen LogP contribution is -2.34. The van der Waals surface area contributed by atoms with Crippen LogP contribution in [0.4, 0.5) is 0 Å². The van der Waals surface area contributed by atoms with E-state index >= 15 is 0 Å². The van der Waals surface area contributed by atoms with Gasteiger partial charge in [0.15, 0.2) is 5.78 Å². The fourth-order valence-electron chi connectivity index (χ4n) is 3.41. The molecule has 0 N–H and O–H groups in total. The van der Waals surface area contributed by atoms with Gasteiger partial charge >= 0.3 is 0 Å². The summed E-state index contributed by atoms with van der Waals surface area (Å²) in [6, 6.07) is 2.66. The van der Waals surface area contributed by atoms with E-state index in [1.807, 2.05) is 0 Å². The molecule has 1 fully saturated rings. The Hall–Kier alpha value is -1.09. The summed E-state index contributed by atoms with van der Waals surface area (Å²) in [6.07, 6.45) is 3.64. The summed E-state index contributed by atoms with van der Waals surface area (Å²) >= 11 is 0. The minimum atomic E-state index is 0.285. The van der Waals surface area contributed by atoms with Gasteiger partial charge in [-0.25, -0.2) is 0 Å². The van der Waals surface area contributed by atoms with Gasteiger partial charge in [-0.15, -0.1) is 0 Å². The third-order valence-electron chi connectivity index (χ3n) is 4.51. The van der Waals surface area contributed by atoms with Gasteiger partial charge in [-0.1, -0.05) is 6.92 Å². The number of aryl methyl sites for hydroxylation is 1. The van der Waals surface area contributed by atoms with E-state index in [9.17, 15) is 4.79 Å². The number of Topliss-reactive ketones (excluding diaryl/α,β-unsaturated/α-hetero) is 1. The number of aromatic nitrogens is 1. The van der Waals surface area contributed by atoms with E-state index in [2.05, 4.69) is 43.2 Å². The molecule has 1 aliphatic heterocycles. The van der Waals surface area contributed by atoms with Crippen molar-refractivity contribution in [1.82, 2.24) is 9.47 Å². The predicted molar refractivity (Wildman–Crippen MR) is 78.8 cm³/mol. The Morgan fingerprint density at radius 1 is 1.37 bits per heavy atom. The van der Waals surface area contributed by atoms with Crippen molar-refractivity contribution in [3.05, 3.63) is 23.0 Å². The summed E-state index contributed by atoms with van der Waals surface area (Å²) in [5.41, 5.74) is 3.23. The number of carbonyl (C=O) groups excluding carboxylic acids is 1. The topological polar surface area (TPSA) is 25.2 Å². The highest BCUT2D eigenvalue weighted by atomic mass is 16.1. The Morgan fingerprint density at radius 2 is 2.11 bits per heavy atom. The summed E-state index contributed by atoms with van der Waals surface area (Å²) in [5, 5.41) is 0. The van der Waals surface area contributed by atoms with Gasteiger partial charge in [0.1, 0.15) is 0 Å². The summed E-state index contributed by atoms with van der Waals surface area (Å²) in [6.45, 7) is 11.1. The maximum absolute atomic E-state index is 12.5. The summed E-state index contributed by atoms with van der Waals surface area (Å²) in [7, 11) is 0. The van der Waals surface area contributed by atoms with E-state index in [1.165, 1.54) is 18.5 Å². The fraction of sp³-hybridized carbons (Fsp3) is 0.688. The first kappa shape index (κ1) is 14.3. The lowest BCUT2D eigenvalue weighted by atomic mass is 10.1. The van der Waals surface area contributed by atoms with Crippen molar-refractivity contribution in [2.45, 2.75) is 59.5 Å². The quantitative estimate of drug-likeness (QED) is 0.761. The maximum Gasteiger partial charge on any atom is 0.178 e. The molecule has 3 nitrogen and oxygen atoms in total. The van der Waals surface area contributed by atoms with Crippen molar-refractivity contribution in [3.8, 4) is 0 Å². The second-order valence-corrected chi connectivity index (χ2v) is 5.63. The molecule has 1 aromatic heterocycles. The van der Waals surface area contributed by atoms with Gasteiger partial charge in [0.25, 0.3) is 0 Å². The van der Waals surface area contributed by atoms with Crippen LogP contribution in [0.15, 0.2) is 6.07 Å². The first-order valence-corrected chi connectivity index (χ1v) is 7.52. The maximum atomic E-state index is 12.5. The molecular weight excluding hydrogens is 236 g/mol. The average Bonchev–Trinajstić information content (AvgIpc) is 2.94. The zero-order valence-electron chi connectivity index (χ0n) is 12.7. The van der Waals surface area contributed by atoms with Gasteiger partial charge in [0.2, 0.25) is 0 Å². The predicted octanol–water partition coefficient (Wildman–Crippen LogP) is 3.18. The summed E-state index contributed by atoms with van der Waals surface area (Å²) in [5.74, 6) is 0.285. The lowest BCUT2D eigenvalue weighted by Gasteiger charge is -2.22. The van der Waals surface area contributed by atoms with E-state index in [-0.39, 0.29) is 5.78 Å². The molecule has 0 aliphatic carbocycles. The van der Waals surface area contributed by atoms with Crippen LogP contribution in [0.3, 0.4) is 0 Å². The molecule has 1 aromatic rings. The van der Waals surface area contributed by atoms with Crippen LogP contribution in [0.25, 0.3) is 0 Å². The first-order valence-electron chi connectivity index (χ1n) is 7.52. The molecule has 0 aromatic carbocycles. The molecule has 3 heteroatoms. The van der Waals surface area contributed by atoms with Crippen molar-refractivity contribution in [1.29, 1.82) is 0 Å². The summed E-state index contributed by atoms with van der Waals surface area (Å²) in [4.78, 5) is 14.9. The minimum absolute atomic E-state index is 0.285. The van der Waals surface area contributed by atoms with Crippen LogP contribution in [0.1, 0.15) is 54.9 Å². The number of ketones is 1. The molecule has 106 valence electrons. The molecule has 1 saturated heterocycles. The highest BCUT2D eigenvalue weighted by Gasteiger charge is 2.26. The van der Waals surface area contributed by atoms with Crippen LogP contribution < -0.4 is 0 Å². The second kappa shape index (κ2) is 5.91. The molecule has 1 unspecified atom stereocenters. The molecule has 0 amide bonds. The minimum Gasteiger partial charge on any atom is -0.349 e. The number of likely N-dealkylation sites (tertiary alicyclic amines) is 1. The second-order valence-electron chi connectivity index (χ2n) is 5.63. The molecule has 19 heavy (non-hydrogen) atoms. The van der Waals surface area contributed by atoms with Crippen molar-refractivity contribution < 1.29 is 4.79 Å². The van der Waals surface area contributed by atoms with Crippen LogP contribution >= 0.6 is 0 Å². The van der Waals surface area contributed by atoms with E-state index in [0.29, 0.717) is 12.6 Å². The Balaban J connectivity index is 2.12. The average molecular weight is 262 g/mol. The Kier molecular flexibility index (Phi) is 4.46. The highest BCUT2D eigenvalue weighted by Crippen LogP contribution is 2.21. The van der Waals surface area contributed by atoms with Gasteiger partial charge < -0.3 is 4.57 Å². The Morgan fingerprint density at radius 3 is 2.68 bits per heavy atom. The van der Waals surface area contributed by atoms with Gasteiger partial charge in [0, 0.05) is 29.5 Å². The number of hydrogen-bond acceptors (Lipinski definition) is 2. The van der Waals surface area contributed by atoms with Crippen molar-refractivity contribution in [2.75, 3.05) is 13.1 Å². The van der Waals surface area contributed by atoms with Crippen LogP contribution in [-0.4, -0.2) is 34.4 Å². The smallest absolute Gasteiger partial charge is 0.178 e. The first-order chi connectivity index (χ1) is 9.08. The van der Waals surface area contributed by atoms with E-state index in [1.54, 1.807) is 0 Å². The largest absolute Gasteiger partial charge is 0.349 e. The monoisotopic (exact) mass is 262 g/mol. The Labute approximate surface area is 116 Å². The molecule has 1 aliphatic rings. The molecule has 1 atom stereocenters. The highest BCUT2D eigenvalue weighted by molar-refractivity contribution is 5.99. The van der Waals surface area contributed by atoms with E-state index < -0.39 is 0 Å². The van der Waals surface area contributed by atoms with Crippen molar-refractivity contribution >= 4 is 5.78 Å². The van der Waals surface area contributed by atoms with Crippen LogP contribution in [0, 0.1) is 13.8 Å². The zero-order chi connectivity index (χ0) is 14.0. The van der Waals surface area contributed by atoms with Gasteiger partial charge in [-0.3, -0.25) is 9.69 Å². The fourth-order valence-corrected chi connectivity index (χ4v) is 3.41. The normalized spacial score (nSPS) is 20.1. The van der Waals surface area contributed by atoms with Crippen molar-refractivity contribution in [3.63, 3.8) is 0 Å². The van der Waals surface area contributed by atoms with Gasteiger partial charge in [0.05, 0.1) is 6.54 Å². The molecule has 2 rings (SSSR count). The van der Waals surface area contributed by atoms with E-state index in [0.717, 1.165) is 30.8 Å². The Bertz CT molecular complexity index is 462. The number of carbonyl (C=O) groups is 1. The number of nitrogens with zero attached hydrogens (tertiary/aromatic N) is 2. The van der Waals surface area contributed by atoms with Gasteiger partial charge in [-0.05, 0) is 52.6 Å². The molecular formula is C16H26N2O. The number of hydrogen-bond donors (Lipinski definition) is 0.